The number of aromatic nitrogens is 2. The molecule has 0 aliphatic heterocycles. The SMILES string of the molecule is CCCCCCCCCC(=O)CC(=O)Nn1cccn1. The fraction of sp³-hybridized carbons (Fsp3) is 0.667. The van der Waals surface area contributed by atoms with E-state index in [2.05, 4.69) is 17.4 Å². The Kier molecular flexibility index (Phi) is 8.35. The molecule has 1 rings (SSSR count). The molecule has 0 aliphatic carbocycles. The normalized spacial score (nSPS) is 10.4. The molecule has 0 atom stereocenters. The van der Waals surface area contributed by atoms with Gasteiger partial charge in [-0.15, -0.1) is 0 Å². The number of hydrogen-bond donors (Lipinski definition) is 1. The summed E-state index contributed by atoms with van der Waals surface area (Å²) >= 11 is 0. The topological polar surface area (TPSA) is 64.0 Å². The van der Waals surface area contributed by atoms with Gasteiger partial charge in [-0.1, -0.05) is 45.4 Å². The number of ketones is 1. The Bertz CT molecular complexity index is 388. The molecule has 0 saturated carbocycles. The van der Waals surface area contributed by atoms with Crippen LogP contribution in [0.15, 0.2) is 18.5 Å². The van der Waals surface area contributed by atoms with Crippen LogP contribution in [0.1, 0.15) is 64.7 Å². The number of carbonyl (C=O) groups is 2. The summed E-state index contributed by atoms with van der Waals surface area (Å²) in [5, 5.41) is 3.85. The number of rotatable bonds is 11. The molecule has 0 radical (unpaired) electrons. The van der Waals surface area contributed by atoms with E-state index in [1.54, 1.807) is 18.5 Å². The minimum absolute atomic E-state index is 0.00298. The van der Waals surface area contributed by atoms with Crippen molar-refractivity contribution in [3.05, 3.63) is 18.5 Å². The molecule has 1 N–H and O–H groups in total. The summed E-state index contributed by atoms with van der Waals surface area (Å²) in [6, 6.07) is 1.71. The van der Waals surface area contributed by atoms with Gasteiger partial charge in [0.15, 0.2) is 0 Å². The van der Waals surface area contributed by atoms with E-state index in [0.29, 0.717) is 6.42 Å². The third-order valence-corrected chi connectivity index (χ3v) is 3.16. The van der Waals surface area contributed by atoms with Crippen molar-refractivity contribution in [1.82, 2.24) is 9.89 Å². The van der Waals surface area contributed by atoms with Crippen molar-refractivity contribution >= 4 is 11.7 Å². The van der Waals surface area contributed by atoms with Crippen molar-refractivity contribution in [3.8, 4) is 0 Å². The van der Waals surface area contributed by atoms with Gasteiger partial charge in [-0.2, -0.15) is 9.89 Å². The van der Waals surface area contributed by atoms with Gasteiger partial charge in [0.05, 0.1) is 12.6 Å². The first-order chi connectivity index (χ1) is 9.72. The number of nitrogens with one attached hydrogen (secondary N) is 1. The molecule has 0 fully saturated rings. The second-order valence-electron chi connectivity index (χ2n) is 5.07. The number of amides is 1. The summed E-state index contributed by atoms with van der Waals surface area (Å²) in [6.07, 6.45) is 11.9. The van der Waals surface area contributed by atoms with E-state index in [-0.39, 0.29) is 18.1 Å². The molecule has 20 heavy (non-hydrogen) atoms. The highest BCUT2D eigenvalue weighted by atomic mass is 16.2. The monoisotopic (exact) mass is 279 g/mol. The Morgan fingerprint density at radius 2 is 1.80 bits per heavy atom. The molecule has 0 unspecified atom stereocenters. The van der Waals surface area contributed by atoms with Gasteiger partial charge >= 0.3 is 0 Å². The number of Topliss-reactive ketones (excluding diaryl/α,β-unsaturated/α-hetero) is 1. The second-order valence-corrected chi connectivity index (χ2v) is 5.07. The molecule has 1 aromatic rings. The van der Waals surface area contributed by atoms with E-state index in [1.165, 1.54) is 36.9 Å². The molecule has 1 aromatic heterocycles. The van der Waals surface area contributed by atoms with Crippen molar-refractivity contribution in [1.29, 1.82) is 0 Å². The number of unbranched alkanes of at least 4 members (excludes halogenated alkanes) is 6. The molecule has 5 nitrogen and oxygen atoms in total. The highest BCUT2D eigenvalue weighted by Crippen LogP contribution is 2.09. The maximum Gasteiger partial charge on any atom is 0.247 e. The Hall–Kier alpha value is -1.65. The maximum absolute atomic E-state index is 11.6. The van der Waals surface area contributed by atoms with Crippen LogP contribution < -0.4 is 5.43 Å². The third-order valence-electron chi connectivity index (χ3n) is 3.16. The van der Waals surface area contributed by atoms with Gasteiger partial charge in [0.2, 0.25) is 5.91 Å². The predicted molar refractivity (Wildman–Crippen MR) is 78.8 cm³/mol. The van der Waals surface area contributed by atoms with Gasteiger partial charge in [0.1, 0.15) is 5.78 Å². The van der Waals surface area contributed by atoms with Crippen LogP contribution in [0.25, 0.3) is 0 Å². The quantitative estimate of drug-likeness (QED) is 0.500. The molecular weight excluding hydrogens is 254 g/mol. The van der Waals surface area contributed by atoms with Crippen molar-refractivity contribution < 1.29 is 9.59 Å². The summed E-state index contributed by atoms with van der Waals surface area (Å²) in [5.41, 5.74) is 2.52. The Morgan fingerprint density at radius 3 is 2.45 bits per heavy atom. The van der Waals surface area contributed by atoms with Gasteiger partial charge < -0.3 is 0 Å². The van der Waals surface area contributed by atoms with E-state index in [9.17, 15) is 9.59 Å². The Labute approximate surface area is 120 Å². The van der Waals surface area contributed by atoms with Crippen LogP contribution in [-0.4, -0.2) is 21.6 Å². The molecule has 1 amide bonds. The van der Waals surface area contributed by atoms with Crippen molar-refractivity contribution in [2.75, 3.05) is 5.43 Å². The standard InChI is InChI=1S/C15H25N3O2/c1-2-3-4-5-6-7-8-10-14(19)13-15(20)17-18-12-9-11-16-18/h9,11-12H,2-8,10,13H2,1H3,(H,17,20). The average Bonchev–Trinajstić information content (AvgIpc) is 2.90. The zero-order valence-electron chi connectivity index (χ0n) is 12.3. The highest BCUT2D eigenvalue weighted by molar-refractivity contribution is 6.01. The molecular formula is C15H25N3O2. The second kappa shape index (κ2) is 10.2. The molecule has 0 aliphatic rings. The van der Waals surface area contributed by atoms with E-state index >= 15 is 0 Å². The van der Waals surface area contributed by atoms with Gasteiger partial charge in [0, 0.05) is 12.6 Å². The molecule has 0 aromatic carbocycles. The van der Waals surface area contributed by atoms with Gasteiger partial charge in [-0.05, 0) is 12.5 Å². The summed E-state index contributed by atoms with van der Waals surface area (Å²) < 4.78 is 0. The lowest BCUT2D eigenvalue weighted by Crippen LogP contribution is -2.25. The van der Waals surface area contributed by atoms with Gasteiger partial charge in [-0.3, -0.25) is 9.59 Å². The molecule has 112 valence electrons. The zero-order chi connectivity index (χ0) is 14.6. The van der Waals surface area contributed by atoms with Crippen molar-refractivity contribution in [2.45, 2.75) is 64.7 Å². The minimum atomic E-state index is -0.304. The summed E-state index contributed by atoms with van der Waals surface area (Å²) in [5.74, 6) is -0.301. The van der Waals surface area contributed by atoms with Crippen LogP contribution in [0.3, 0.4) is 0 Å². The summed E-state index contributed by atoms with van der Waals surface area (Å²) in [4.78, 5) is 24.5. The fourth-order valence-electron chi connectivity index (χ4n) is 2.05. The summed E-state index contributed by atoms with van der Waals surface area (Å²) in [7, 11) is 0. The van der Waals surface area contributed by atoms with E-state index < -0.39 is 0 Å². The van der Waals surface area contributed by atoms with Crippen LogP contribution in [0, 0.1) is 0 Å². The first kappa shape index (κ1) is 16.4. The van der Waals surface area contributed by atoms with Crippen LogP contribution in [0.2, 0.25) is 0 Å². The smallest absolute Gasteiger partial charge is 0.247 e. The lowest BCUT2D eigenvalue weighted by molar-refractivity contribution is -0.126. The lowest BCUT2D eigenvalue weighted by atomic mass is 10.1. The van der Waals surface area contributed by atoms with Crippen molar-refractivity contribution in [3.63, 3.8) is 0 Å². The Morgan fingerprint density at radius 1 is 1.10 bits per heavy atom. The van der Waals surface area contributed by atoms with E-state index in [1.807, 2.05) is 0 Å². The molecule has 0 bridgehead atoms. The largest absolute Gasteiger partial charge is 0.299 e. The van der Waals surface area contributed by atoms with Crippen LogP contribution in [-0.2, 0) is 9.59 Å². The van der Waals surface area contributed by atoms with Crippen LogP contribution >= 0.6 is 0 Å². The lowest BCUT2D eigenvalue weighted by Gasteiger charge is -2.04. The fourth-order valence-corrected chi connectivity index (χ4v) is 2.05. The third kappa shape index (κ3) is 7.71. The Balaban J connectivity index is 2.01. The molecule has 0 saturated heterocycles. The van der Waals surface area contributed by atoms with Gasteiger partial charge in [0.25, 0.3) is 0 Å². The number of hydrogen-bond acceptors (Lipinski definition) is 3. The summed E-state index contributed by atoms with van der Waals surface area (Å²) in [6.45, 7) is 2.20. The zero-order valence-corrected chi connectivity index (χ0v) is 12.3. The molecule has 5 heteroatoms. The van der Waals surface area contributed by atoms with Crippen LogP contribution in [0.4, 0.5) is 0 Å². The predicted octanol–water partition coefficient (Wildman–Crippen LogP) is 3.05. The van der Waals surface area contributed by atoms with Gasteiger partial charge in [-0.25, -0.2) is 5.43 Å². The maximum atomic E-state index is 11.6. The molecule has 0 spiro atoms. The molecule has 1 heterocycles. The van der Waals surface area contributed by atoms with E-state index in [4.69, 9.17) is 0 Å². The minimum Gasteiger partial charge on any atom is -0.299 e. The highest BCUT2D eigenvalue weighted by Gasteiger charge is 2.09. The van der Waals surface area contributed by atoms with Crippen molar-refractivity contribution in [2.24, 2.45) is 0 Å². The van der Waals surface area contributed by atoms with Crippen LogP contribution in [0.5, 0.6) is 0 Å². The number of carbonyl (C=O) groups excluding carboxylic acids is 2. The average molecular weight is 279 g/mol. The van der Waals surface area contributed by atoms with E-state index in [0.717, 1.165) is 12.8 Å². The first-order valence-electron chi connectivity index (χ1n) is 7.53. The number of nitrogens with zero attached hydrogens (tertiary/aromatic N) is 2. The first-order valence-corrected chi connectivity index (χ1v) is 7.53.